The van der Waals surface area contributed by atoms with E-state index in [4.69, 9.17) is 9.47 Å². The summed E-state index contributed by atoms with van der Waals surface area (Å²) in [6, 6.07) is 6.99. The Hall–Kier alpha value is -3.30. The second-order valence-corrected chi connectivity index (χ2v) is 6.66. The number of benzene rings is 2. The lowest BCUT2D eigenvalue weighted by molar-refractivity contribution is -0.140. The van der Waals surface area contributed by atoms with Crippen molar-refractivity contribution in [3.63, 3.8) is 0 Å². The lowest BCUT2D eigenvalue weighted by Crippen LogP contribution is -2.54. The van der Waals surface area contributed by atoms with Crippen LogP contribution < -0.4 is 14.8 Å². The summed E-state index contributed by atoms with van der Waals surface area (Å²) in [6.07, 6.45) is -4.87. The van der Waals surface area contributed by atoms with Crippen molar-refractivity contribution in [2.24, 2.45) is 5.92 Å². The van der Waals surface area contributed by atoms with Crippen molar-refractivity contribution >= 4 is 17.5 Å². The number of halogens is 4. The summed E-state index contributed by atoms with van der Waals surface area (Å²) in [5.74, 6) is -1.83. The Morgan fingerprint density at radius 2 is 1.76 bits per heavy atom. The largest absolute Gasteiger partial charge is 0.454 e. The number of rotatable bonds is 3. The van der Waals surface area contributed by atoms with Gasteiger partial charge >= 0.3 is 6.18 Å². The van der Waals surface area contributed by atoms with E-state index in [1.807, 2.05) is 0 Å². The standard InChI is InChI=1S/C19H14F4N2O4/c20-14-3-2-12(6-13(14)19(21,22)23)24-17(26)11-7-25(8-11)18(27)10-1-4-15-16(5-10)29-9-28-15/h1-6,11H,7-9H2,(H,24,26). The molecule has 1 fully saturated rings. The predicted octanol–water partition coefficient (Wildman–Crippen LogP) is 3.28. The van der Waals surface area contributed by atoms with Gasteiger partial charge in [0, 0.05) is 24.3 Å². The predicted molar refractivity (Wildman–Crippen MR) is 92.0 cm³/mol. The van der Waals surface area contributed by atoms with E-state index in [1.165, 1.54) is 4.90 Å². The quantitative estimate of drug-likeness (QED) is 0.789. The van der Waals surface area contributed by atoms with Gasteiger partial charge in [-0.25, -0.2) is 4.39 Å². The Bertz CT molecular complexity index is 987. The van der Waals surface area contributed by atoms with E-state index in [1.54, 1.807) is 18.2 Å². The van der Waals surface area contributed by atoms with E-state index < -0.39 is 29.4 Å². The summed E-state index contributed by atoms with van der Waals surface area (Å²) < 4.78 is 62.1. The molecule has 2 heterocycles. The summed E-state index contributed by atoms with van der Waals surface area (Å²) in [5, 5.41) is 2.34. The second kappa shape index (κ2) is 6.94. The molecule has 4 rings (SSSR count). The highest BCUT2D eigenvalue weighted by molar-refractivity contribution is 5.99. The summed E-state index contributed by atoms with van der Waals surface area (Å²) in [5.41, 5.74) is -1.24. The van der Waals surface area contributed by atoms with Crippen LogP contribution in [0.4, 0.5) is 23.2 Å². The maximum atomic E-state index is 13.3. The van der Waals surface area contributed by atoms with Crippen molar-refractivity contribution in [2.75, 3.05) is 25.2 Å². The van der Waals surface area contributed by atoms with Gasteiger partial charge in [-0.3, -0.25) is 9.59 Å². The molecule has 2 aromatic carbocycles. The molecule has 2 amide bonds. The zero-order valence-electron chi connectivity index (χ0n) is 14.8. The monoisotopic (exact) mass is 410 g/mol. The van der Waals surface area contributed by atoms with Gasteiger partial charge in [-0.1, -0.05) is 0 Å². The fourth-order valence-electron chi connectivity index (χ4n) is 3.09. The molecule has 0 spiro atoms. The first-order valence-corrected chi connectivity index (χ1v) is 8.59. The molecule has 2 aliphatic heterocycles. The van der Waals surface area contributed by atoms with Gasteiger partial charge in [0.15, 0.2) is 11.5 Å². The van der Waals surface area contributed by atoms with Gasteiger partial charge in [0.1, 0.15) is 5.82 Å². The molecule has 0 atom stereocenters. The Kier molecular flexibility index (Phi) is 4.56. The molecule has 0 saturated carbocycles. The van der Waals surface area contributed by atoms with Crippen molar-refractivity contribution in [3.8, 4) is 11.5 Å². The van der Waals surface area contributed by atoms with E-state index in [2.05, 4.69) is 5.32 Å². The second-order valence-electron chi connectivity index (χ2n) is 6.66. The first kappa shape index (κ1) is 19.0. The fourth-order valence-corrected chi connectivity index (χ4v) is 3.09. The van der Waals surface area contributed by atoms with Gasteiger partial charge in [0.05, 0.1) is 11.5 Å². The van der Waals surface area contributed by atoms with Crippen LogP contribution in [0.3, 0.4) is 0 Å². The van der Waals surface area contributed by atoms with Gasteiger partial charge < -0.3 is 19.7 Å². The molecule has 0 aliphatic carbocycles. The SMILES string of the molecule is O=C(Nc1ccc(F)c(C(F)(F)F)c1)C1CN(C(=O)c2ccc3c(c2)OCO3)C1. The Morgan fingerprint density at radius 3 is 2.48 bits per heavy atom. The highest BCUT2D eigenvalue weighted by Gasteiger charge is 2.37. The molecule has 0 bridgehead atoms. The smallest absolute Gasteiger partial charge is 0.419 e. The van der Waals surface area contributed by atoms with Crippen molar-refractivity contribution in [1.82, 2.24) is 4.90 Å². The highest BCUT2D eigenvalue weighted by atomic mass is 19.4. The maximum Gasteiger partial charge on any atom is 0.419 e. The molecule has 0 aromatic heterocycles. The zero-order chi connectivity index (χ0) is 20.8. The van der Waals surface area contributed by atoms with Crippen LogP contribution in [0.5, 0.6) is 11.5 Å². The summed E-state index contributed by atoms with van der Waals surface area (Å²) in [4.78, 5) is 26.2. The number of ether oxygens (including phenoxy) is 2. The number of hydrogen-bond donors (Lipinski definition) is 1. The fraction of sp³-hybridized carbons (Fsp3) is 0.263. The van der Waals surface area contributed by atoms with Crippen LogP contribution in [0.1, 0.15) is 15.9 Å². The van der Waals surface area contributed by atoms with E-state index >= 15 is 0 Å². The third-order valence-electron chi connectivity index (χ3n) is 4.70. The lowest BCUT2D eigenvalue weighted by Gasteiger charge is -2.38. The minimum atomic E-state index is -4.87. The van der Waals surface area contributed by atoms with Gasteiger partial charge in [0.25, 0.3) is 5.91 Å². The minimum absolute atomic E-state index is 0.0817. The first-order valence-electron chi connectivity index (χ1n) is 8.59. The lowest BCUT2D eigenvalue weighted by atomic mass is 9.97. The topological polar surface area (TPSA) is 67.9 Å². The molecule has 0 unspecified atom stereocenters. The van der Waals surface area contributed by atoms with E-state index in [-0.39, 0.29) is 31.5 Å². The summed E-state index contributed by atoms with van der Waals surface area (Å²) in [7, 11) is 0. The van der Waals surface area contributed by atoms with Gasteiger partial charge in [-0.05, 0) is 36.4 Å². The van der Waals surface area contributed by atoms with Crippen molar-refractivity contribution in [1.29, 1.82) is 0 Å². The zero-order valence-corrected chi connectivity index (χ0v) is 14.8. The van der Waals surface area contributed by atoms with Crippen LogP contribution >= 0.6 is 0 Å². The molecule has 0 radical (unpaired) electrons. The van der Waals surface area contributed by atoms with Crippen molar-refractivity contribution in [3.05, 3.63) is 53.3 Å². The molecule has 2 aromatic rings. The number of nitrogens with one attached hydrogen (secondary N) is 1. The van der Waals surface area contributed by atoms with Crippen LogP contribution in [-0.2, 0) is 11.0 Å². The number of hydrogen-bond acceptors (Lipinski definition) is 4. The maximum absolute atomic E-state index is 13.3. The average molecular weight is 410 g/mol. The molecular weight excluding hydrogens is 396 g/mol. The van der Waals surface area contributed by atoms with Gasteiger partial charge in [0.2, 0.25) is 12.7 Å². The minimum Gasteiger partial charge on any atom is -0.454 e. The Morgan fingerprint density at radius 1 is 1.03 bits per heavy atom. The van der Waals surface area contributed by atoms with Crippen LogP contribution in [-0.4, -0.2) is 36.6 Å². The third kappa shape index (κ3) is 3.69. The summed E-state index contributed by atoms with van der Waals surface area (Å²) in [6.45, 7) is 0.317. The van der Waals surface area contributed by atoms with Crippen LogP contribution in [0.25, 0.3) is 0 Å². The number of alkyl halides is 3. The molecule has 152 valence electrons. The highest BCUT2D eigenvalue weighted by Crippen LogP contribution is 2.34. The Labute approximate surface area is 162 Å². The number of anilines is 1. The number of carbonyl (C=O) groups excluding carboxylic acids is 2. The van der Waals surface area contributed by atoms with E-state index in [9.17, 15) is 27.2 Å². The number of nitrogens with zero attached hydrogens (tertiary/aromatic N) is 1. The Balaban J connectivity index is 1.36. The van der Waals surface area contributed by atoms with Crippen LogP contribution in [0.15, 0.2) is 36.4 Å². The van der Waals surface area contributed by atoms with Gasteiger partial charge in [-0.2, -0.15) is 13.2 Å². The molecular formula is C19H14F4N2O4. The average Bonchev–Trinajstić information content (AvgIpc) is 3.08. The first-order chi connectivity index (χ1) is 13.7. The summed E-state index contributed by atoms with van der Waals surface area (Å²) >= 11 is 0. The van der Waals surface area contributed by atoms with E-state index in [0.29, 0.717) is 29.2 Å². The number of carbonyl (C=O) groups is 2. The molecule has 1 N–H and O–H groups in total. The van der Waals surface area contributed by atoms with Gasteiger partial charge in [-0.15, -0.1) is 0 Å². The normalized spacial score (nSPS) is 15.8. The van der Waals surface area contributed by atoms with E-state index in [0.717, 1.165) is 6.07 Å². The van der Waals surface area contributed by atoms with Crippen LogP contribution in [0, 0.1) is 11.7 Å². The third-order valence-corrected chi connectivity index (χ3v) is 4.70. The number of likely N-dealkylation sites (tertiary alicyclic amines) is 1. The van der Waals surface area contributed by atoms with Crippen molar-refractivity contribution in [2.45, 2.75) is 6.18 Å². The molecule has 29 heavy (non-hydrogen) atoms. The molecule has 10 heteroatoms. The molecule has 1 saturated heterocycles. The van der Waals surface area contributed by atoms with Crippen molar-refractivity contribution < 1.29 is 36.6 Å². The number of amides is 2. The number of fused-ring (bicyclic) bond motifs is 1. The van der Waals surface area contributed by atoms with Crippen LogP contribution in [0.2, 0.25) is 0 Å². The molecule has 2 aliphatic rings. The molecule has 6 nitrogen and oxygen atoms in total.